The molecule has 1 saturated heterocycles. The molecule has 1 atom stereocenters. The summed E-state index contributed by atoms with van der Waals surface area (Å²) in [7, 11) is 1.43. The van der Waals surface area contributed by atoms with Gasteiger partial charge in [-0.3, -0.25) is 4.79 Å². The van der Waals surface area contributed by atoms with E-state index in [1.54, 1.807) is 0 Å². The van der Waals surface area contributed by atoms with Gasteiger partial charge in [-0.05, 0) is 62.3 Å². The number of carbonyl (C=O) groups excluding carboxylic acids is 1. The molecule has 0 saturated carbocycles. The molecule has 0 aliphatic carbocycles. The highest BCUT2D eigenvalue weighted by atomic mass is 16.5. The first-order valence-corrected chi connectivity index (χ1v) is 10.6. The Labute approximate surface area is 180 Å². The first-order valence-electron chi connectivity index (χ1n) is 10.6. The van der Waals surface area contributed by atoms with E-state index in [1.165, 1.54) is 34.9 Å². The van der Waals surface area contributed by atoms with Crippen LogP contribution in [0.15, 0.2) is 60.2 Å². The highest BCUT2D eigenvalue weighted by Crippen LogP contribution is 2.41. The molecule has 30 heavy (non-hydrogen) atoms. The van der Waals surface area contributed by atoms with E-state index in [2.05, 4.69) is 62.4 Å². The van der Waals surface area contributed by atoms with Gasteiger partial charge in [-0.15, -0.1) is 0 Å². The standard InChI is InChI=1S/C26H33NO3/c1-25(2)17-22(18-26(3,27)30-25)24(20-10-6-5-7-11-20)21-15-13-19(14-16-21)9-8-12-23(28)29-4/h5-7,10-11,13-16H,8-9,12,17-18,27H2,1-4H3/b24-22-. The molecule has 0 amide bonds. The summed E-state index contributed by atoms with van der Waals surface area (Å²) in [6.07, 6.45) is 3.62. The average molecular weight is 408 g/mol. The smallest absolute Gasteiger partial charge is 0.305 e. The van der Waals surface area contributed by atoms with E-state index in [4.69, 9.17) is 15.2 Å². The van der Waals surface area contributed by atoms with Crippen molar-refractivity contribution in [1.82, 2.24) is 0 Å². The van der Waals surface area contributed by atoms with Gasteiger partial charge in [-0.25, -0.2) is 0 Å². The van der Waals surface area contributed by atoms with Crippen LogP contribution in [0, 0.1) is 0 Å². The third-order valence-electron chi connectivity index (χ3n) is 5.45. The molecule has 2 N–H and O–H groups in total. The number of hydrogen-bond donors (Lipinski definition) is 1. The quantitative estimate of drug-likeness (QED) is 0.665. The van der Waals surface area contributed by atoms with Crippen LogP contribution in [0.5, 0.6) is 0 Å². The predicted octanol–water partition coefficient (Wildman–Crippen LogP) is 5.25. The van der Waals surface area contributed by atoms with Crippen molar-refractivity contribution in [2.24, 2.45) is 5.73 Å². The number of rotatable bonds is 6. The van der Waals surface area contributed by atoms with Crippen molar-refractivity contribution in [3.8, 4) is 0 Å². The van der Waals surface area contributed by atoms with Gasteiger partial charge in [-0.2, -0.15) is 0 Å². The van der Waals surface area contributed by atoms with Crippen molar-refractivity contribution in [1.29, 1.82) is 0 Å². The Morgan fingerprint density at radius 2 is 1.63 bits per heavy atom. The second-order valence-corrected chi connectivity index (χ2v) is 9.00. The molecule has 1 unspecified atom stereocenters. The maximum Gasteiger partial charge on any atom is 0.305 e. The van der Waals surface area contributed by atoms with Crippen molar-refractivity contribution in [2.45, 2.75) is 64.2 Å². The second kappa shape index (κ2) is 9.15. The fourth-order valence-corrected chi connectivity index (χ4v) is 4.44. The van der Waals surface area contributed by atoms with Crippen LogP contribution in [0.2, 0.25) is 0 Å². The number of benzene rings is 2. The number of methoxy groups -OCH3 is 1. The fraction of sp³-hybridized carbons (Fsp3) is 0.423. The maximum atomic E-state index is 11.3. The van der Waals surface area contributed by atoms with E-state index in [0.29, 0.717) is 12.8 Å². The van der Waals surface area contributed by atoms with E-state index < -0.39 is 5.72 Å². The van der Waals surface area contributed by atoms with Crippen molar-refractivity contribution in [3.05, 3.63) is 76.9 Å². The van der Waals surface area contributed by atoms with Crippen molar-refractivity contribution < 1.29 is 14.3 Å². The summed E-state index contributed by atoms with van der Waals surface area (Å²) < 4.78 is 10.8. The predicted molar refractivity (Wildman–Crippen MR) is 121 cm³/mol. The van der Waals surface area contributed by atoms with Gasteiger partial charge in [0, 0.05) is 12.8 Å². The van der Waals surface area contributed by atoms with Gasteiger partial charge >= 0.3 is 5.97 Å². The van der Waals surface area contributed by atoms with Gasteiger partial charge in [0.1, 0.15) is 5.72 Å². The summed E-state index contributed by atoms with van der Waals surface area (Å²) in [5, 5.41) is 0. The largest absolute Gasteiger partial charge is 0.469 e. The zero-order valence-corrected chi connectivity index (χ0v) is 18.5. The normalized spacial score (nSPS) is 22.4. The Kier molecular flexibility index (Phi) is 6.79. The van der Waals surface area contributed by atoms with Gasteiger partial charge in [0.2, 0.25) is 0 Å². The molecule has 2 aromatic carbocycles. The third-order valence-corrected chi connectivity index (χ3v) is 5.45. The Hall–Kier alpha value is -2.43. The van der Waals surface area contributed by atoms with Crippen molar-refractivity contribution in [2.75, 3.05) is 7.11 Å². The summed E-state index contributed by atoms with van der Waals surface area (Å²) in [5.41, 5.74) is 11.6. The van der Waals surface area contributed by atoms with Crippen LogP contribution < -0.4 is 5.73 Å². The monoisotopic (exact) mass is 407 g/mol. The second-order valence-electron chi connectivity index (χ2n) is 9.00. The lowest BCUT2D eigenvalue weighted by Crippen LogP contribution is -2.50. The Balaban J connectivity index is 1.93. The van der Waals surface area contributed by atoms with Gasteiger partial charge < -0.3 is 15.2 Å². The number of ether oxygens (including phenoxy) is 2. The van der Waals surface area contributed by atoms with Crippen LogP contribution in [0.25, 0.3) is 5.57 Å². The molecular weight excluding hydrogens is 374 g/mol. The van der Waals surface area contributed by atoms with Gasteiger partial charge in [0.05, 0.1) is 12.7 Å². The molecule has 4 nitrogen and oxygen atoms in total. The lowest BCUT2D eigenvalue weighted by molar-refractivity contribution is -0.145. The van der Waals surface area contributed by atoms with E-state index in [0.717, 1.165) is 19.3 Å². The molecule has 0 spiro atoms. The molecule has 0 bridgehead atoms. The van der Waals surface area contributed by atoms with Gasteiger partial charge in [-0.1, -0.05) is 60.2 Å². The number of aryl methyl sites for hydroxylation is 1. The molecule has 0 radical (unpaired) electrons. The third kappa shape index (κ3) is 5.80. The van der Waals surface area contributed by atoms with Crippen LogP contribution >= 0.6 is 0 Å². The molecule has 160 valence electrons. The highest BCUT2D eigenvalue weighted by Gasteiger charge is 2.38. The topological polar surface area (TPSA) is 61.5 Å². The minimum atomic E-state index is -0.690. The molecule has 2 aromatic rings. The number of esters is 1. The van der Waals surface area contributed by atoms with Gasteiger partial charge in [0.15, 0.2) is 0 Å². The molecular formula is C26H33NO3. The van der Waals surface area contributed by atoms with Gasteiger partial charge in [0.25, 0.3) is 0 Å². The minimum absolute atomic E-state index is 0.158. The molecule has 1 heterocycles. The summed E-state index contributed by atoms with van der Waals surface area (Å²) in [6, 6.07) is 19.2. The van der Waals surface area contributed by atoms with E-state index in [9.17, 15) is 4.79 Å². The summed E-state index contributed by atoms with van der Waals surface area (Å²) >= 11 is 0. The molecule has 1 aliphatic rings. The summed E-state index contributed by atoms with van der Waals surface area (Å²) in [4.78, 5) is 11.3. The van der Waals surface area contributed by atoms with E-state index in [-0.39, 0.29) is 11.6 Å². The molecule has 1 aliphatic heterocycles. The Morgan fingerprint density at radius 3 is 2.23 bits per heavy atom. The fourth-order valence-electron chi connectivity index (χ4n) is 4.44. The van der Waals surface area contributed by atoms with E-state index in [1.807, 2.05) is 13.0 Å². The first kappa shape index (κ1) is 22.3. The minimum Gasteiger partial charge on any atom is -0.469 e. The first-order chi connectivity index (χ1) is 14.2. The molecule has 0 aromatic heterocycles. The average Bonchev–Trinajstić information content (AvgIpc) is 2.68. The summed E-state index contributed by atoms with van der Waals surface area (Å²) in [5.74, 6) is -0.158. The van der Waals surface area contributed by atoms with Crippen molar-refractivity contribution in [3.63, 3.8) is 0 Å². The van der Waals surface area contributed by atoms with Crippen LogP contribution in [0.1, 0.15) is 63.1 Å². The van der Waals surface area contributed by atoms with Crippen molar-refractivity contribution >= 4 is 11.5 Å². The van der Waals surface area contributed by atoms with Crippen LogP contribution in [-0.2, 0) is 20.7 Å². The Morgan fingerprint density at radius 1 is 1.00 bits per heavy atom. The number of hydrogen-bond acceptors (Lipinski definition) is 4. The van der Waals surface area contributed by atoms with Crippen LogP contribution in [0.3, 0.4) is 0 Å². The number of nitrogens with two attached hydrogens (primary N) is 1. The molecule has 1 fully saturated rings. The van der Waals surface area contributed by atoms with Crippen LogP contribution in [0.4, 0.5) is 0 Å². The van der Waals surface area contributed by atoms with E-state index >= 15 is 0 Å². The lowest BCUT2D eigenvalue weighted by atomic mass is 9.81. The zero-order valence-electron chi connectivity index (χ0n) is 18.5. The lowest BCUT2D eigenvalue weighted by Gasteiger charge is -2.43. The highest BCUT2D eigenvalue weighted by molar-refractivity contribution is 5.82. The zero-order chi connectivity index (χ0) is 21.8. The number of carbonyl (C=O) groups is 1. The summed E-state index contributed by atoms with van der Waals surface area (Å²) in [6.45, 7) is 6.16. The Bertz CT molecular complexity index is 878. The molecule has 4 heteroatoms. The van der Waals surface area contributed by atoms with Crippen LogP contribution in [-0.4, -0.2) is 24.4 Å². The maximum absolute atomic E-state index is 11.3. The SMILES string of the molecule is COC(=O)CCCc1ccc(/C(=C2/CC(C)(C)OC(C)(N)C2)c2ccccc2)cc1. The molecule has 3 rings (SSSR count).